The SMILES string of the molecule is CC1(Cc2ccc(F)cc2)CCCN1C(=O)c1ccc2[nH]cnc2n1. The second kappa shape index (κ2) is 5.95. The van der Waals surface area contributed by atoms with Gasteiger partial charge in [-0.05, 0) is 56.0 Å². The quantitative estimate of drug-likeness (QED) is 0.797. The van der Waals surface area contributed by atoms with E-state index in [-0.39, 0.29) is 17.3 Å². The number of halogens is 1. The van der Waals surface area contributed by atoms with E-state index >= 15 is 0 Å². The highest BCUT2D eigenvalue weighted by Crippen LogP contribution is 2.33. The fourth-order valence-corrected chi connectivity index (χ4v) is 3.68. The lowest BCUT2D eigenvalue weighted by Crippen LogP contribution is -2.46. The molecule has 1 fully saturated rings. The van der Waals surface area contributed by atoms with Crippen LogP contribution < -0.4 is 0 Å². The van der Waals surface area contributed by atoms with Gasteiger partial charge in [0.15, 0.2) is 5.65 Å². The highest BCUT2D eigenvalue weighted by molar-refractivity contribution is 5.94. The Kier molecular flexibility index (Phi) is 3.75. The molecule has 3 aromatic rings. The third-order valence-electron chi connectivity index (χ3n) is 4.99. The number of fused-ring (bicyclic) bond motifs is 1. The van der Waals surface area contributed by atoms with Gasteiger partial charge in [-0.2, -0.15) is 0 Å². The molecule has 6 heteroatoms. The number of aromatic nitrogens is 3. The number of nitrogens with zero attached hydrogens (tertiary/aromatic N) is 3. The molecule has 1 aliphatic heterocycles. The Bertz CT molecular complexity index is 921. The van der Waals surface area contributed by atoms with Crippen LogP contribution in [-0.4, -0.2) is 37.8 Å². The number of carbonyl (C=O) groups is 1. The monoisotopic (exact) mass is 338 g/mol. The maximum absolute atomic E-state index is 13.1. The third-order valence-corrected chi connectivity index (χ3v) is 4.99. The summed E-state index contributed by atoms with van der Waals surface area (Å²) >= 11 is 0. The van der Waals surface area contributed by atoms with Crippen molar-refractivity contribution in [2.24, 2.45) is 0 Å². The van der Waals surface area contributed by atoms with Crippen molar-refractivity contribution < 1.29 is 9.18 Å². The molecule has 1 saturated heterocycles. The number of hydrogen-bond donors (Lipinski definition) is 1. The number of nitrogens with one attached hydrogen (secondary N) is 1. The molecular weight excluding hydrogens is 319 g/mol. The van der Waals surface area contributed by atoms with Crippen molar-refractivity contribution >= 4 is 17.1 Å². The molecule has 1 amide bonds. The molecule has 0 radical (unpaired) electrons. The van der Waals surface area contributed by atoms with Crippen LogP contribution in [0.25, 0.3) is 11.2 Å². The minimum atomic E-state index is -0.295. The lowest BCUT2D eigenvalue weighted by molar-refractivity contribution is 0.0618. The van der Waals surface area contributed by atoms with Gasteiger partial charge in [-0.3, -0.25) is 4.79 Å². The summed E-state index contributed by atoms with van der Waals surface area (Å²) in [4.78, 5) is 26.4. The van der Waals surface area contributed by atoms with E-state index in [1.54, 1.807) is 24.5 Å². The van der Waals surface area contributed by atoms with Gasteiger partial charge in [-0.25, -0.2) is 14.4 Å². The third kappa shape index (κ3) is 2.88. The zero-order chi connectivity index (χ0) is 17.4. The first-order valence-electron chi connectivity index (χ1n) is 8.42. The molecule has 128 valence electrons. The van der Waals surface area contributed by atoms with Crippen LogP contribution in [0, 0.1) is 5.82 Å². The Morgan fingerprint density at radius 1 is 1.28 bits per heavy atom. The van der Waals surface area contributed by atoms with Crippen LogP contribution in [0.4, 0.5) is 4.39 Å². The summed E-state index contributed by atoms with van der Waals surface area (Å²) in [7, 11) is 0. The van der Waals surface area contributed by atoms with Gasteiger partial charge >= 0.3 is 0 Å². The lowest BCUT2D eigenvalue weighted by atomic mass is 9.90. The molecule has 0 bridgehead atoms. The maximum Gasteiger partial charge on any atom is 0.273 e. The normalized spacial score (nSPS) is 20.3. The number of pyridine rings is 1. The maximum atomic E-state index is 13.1. The van der Waals surface area contributed by atoms with Crippen molar-refractivity contribution in [3.05, 3.63) is 59.8 Å². The zero-order valence-corrected chi connectivity index (χ0v) is 14.0. The summed E-state index contributed by atoms with van der Waals surface area (Å²) in [6.45, 7) is 2.80. The van der Waals surface area contributed by atoms with Crippen LogP contribution in [0.15, 0.2) is 42.7 Å². The first kappa shape index (κ1) is 15.7. The number of amides is 1. The molecular formula is C19H19FN4O. The standard InChI is InChI=1S/C19H19FN4O/c1-19(11-13-3-5-14(20)6-4-13)9-2-10-24(19)18(25)16-8-7-15-17(23-16)22-12-21-15/h3-8,12H,2,9-11H2,1H3,(H,21,22,23). The molecule has 25 heavy (non-hydrogen) atoms. The van der Waals surface area contributed by atoms with E-state index in [1.807, 2.05) is 11.0 Å². The Hall–Kier alpha value is -2.76. The van der Waals surface area contributed by atoms with Gasteiger partial charge in [0.2, 0.25) is 0 Å². The number of imidazole rings is 1. The van der Waals surface area contributed by atoms with Gasteiger partial charge in [-0.1, -0.05) is 12.1 Å². The smallest absolute Gasteiger partial charge is 0.273 e. The summed E-state index contributed by atoms with van der Waals surface area (Å²) < 4.78 is 13.1. The fraction of sp³-hybridized carbons (Fsp3) is 0.316. The van der Waals surface area contributed by atoms with Gasteiger partial charge in [0.1, 0.15) is 11.5 Å². The number of H-pyrrole nitrogens is 1. The number of hydrogen-bond acceptors (Lipinski definition) is 3. The summed E-state index contributed by atoms with van der Waals surface area (Å²) in [6, 6.07) is 10.1. The average molecular weight is 338 g/mol. The van der Waals surface area contributed by atoms with Gasteiger partial charge in [-0.15, -0.1) is 0 Å². The summed E-state index contributed by atoms with van der Waals surface area (Å²) in [6.07, 6.45) is 4.14. The minimum Gasteiger partial charge on any atom is -0.343 e. The molecule has 0 saturated carbocycles. The first-order chi connectivity index (χ1) is 12.0. The number of benzene rings is 1. The van der Waals surface area contributed by atoms with Crippen molar-refractivity contribution in [3.63, 3.8) is 0 Å². The zero-order valence-electron chi connectivity index (χ0n) is 14.0. The summed E-state index contributed by atoms with van der Waals surface area (Å²) in [5.74, 6) is -0.322. The van der Waals surface area contributed by atoms with Crippen molar-refractivity contribution in [1.82, 2.24) is 19.9 Å². The van der Waals surface area contributed by atoms with Crippen molar-refractivity contribution in [1.29, 1.82) is 0 Å². The number of carbonyl (C=O) groups excluding carboxylic acids is 1. The van der Waals surface area contributed by atoms with Crippen LogP contribution in [0.2, 0.25) is 0 Å². The molecule has 5 nitrogen and oxygen atoms in total. The van der Waals surface area contributed by atoms with Gasteiger partial charge in [0, 0.05) is 12.1 Å². The van der Waals surface area contributed by atoms with E-state index in [1.165, 1.54) is 12.1 Å². The summed E-state index contributed by atoms with van der Waals surface area (Å²) in [5, 5.41) is 0. The fourth-order valence-electron chi connectivity index (χ4n) is 3.68. The predicted octanol–water partition coefficient (Wildman–Crippen LogP) is 3.33. The van der Waals surface area contributed by atoms with Crippen molar-refractivity contribution in [3.8, 4) is 0 Å². The van der Waals surface area contributed by atoms with Crippen molar-refractivity contribution in [2.45, 2.75) is 31.7 Å². The van der Waals surface area contributed by atoms with Gasteiger partial charge < -0.3 is 9.88 Å². The summed E-state index contributed by atoms with van der Waals surface area (Å²) in [5.41, 5.74) is 2.50. The number of rotatable bonds is 3. The van der Waals surface area contributed by atoms with Crippen molar-refractivity contribution in [2.75, 3.05) is 6.54 Å². The van der Waals surface area contributed by atoms with Gasteiger partial charge in [0.05, 0.1) is 11.8 Å². The van der Waals surface area contributed by atoms with E-state index in [0.717, 1.165) is 23.9 Å². The molecule has 0 spiro atoms. The Morgan fingerprint density at radius 2 is 2.08 bits per heavy atom. The predicted molar refractivity (Wildman–Crippen MR) is 92.7 cm³/mol. The first-order valence-corrected chi connectivity index (χ1v) is 8.42. The lowest BCUT2D eigenvalue weighted by Gasteiger charge is -2.35. The van der Waals surface area contributed by atoms with Crippen LogP contribution >= 0.6 is 0 Å². The molecule has 1 unspecified atom stereocenters. The topological polar surface area (TPSA) is 61.9 Å². The molecule has 1 aliphatic rings. The van der Waals surface area contributed by atoms with E-state index in [9.17, 15) is 9.18 Å². The van der Waals surface area contributed by atoms with E-state index in [2.05, 4.69) is 21.9 Å². The molecule has 0 aliphatic carbocycles. The minimum absolute atomic E-state index is 0.0768. The van der Waals surface area contributed by atoms with Crippen LogP contribution in [-0.2, 0) is 6.42 Å². The number of likely N-dealkylation sites (tertiary alicyclic amines) is 1. The van der Waals surface area contributed by atoms with E-state index < -0.39 is 0 Å². The highest BCUT2D eigenvalue weighted by Gasteiger charge is 2.40. The molecule has 1 aromatic carbocycles. The Balaban J connectivity index is 1.61. The van der Waals surface area contributed by atoms with Crippen LogP contribution in [0.1, 0.15) is 35.8 Å². The highest BCUT2D eigenvalue weighted by atomic mass is 19.1. The Morgan fingerprint density at radius 3 is 2.88 bits per heavy atom. The second-order valence-electron chi connectivity index (χ2n) is 6.83. The van der Waals surface area contributed by atoms with Crippen LogP contribution in [0.5, 0.6) is 0 Å². The van der Waals surface area contributed by atoms with E-state index in [4.69, 9.17) is 0 Å². The van der Waals surface area contributed by atoms with E-state index in [0.29, 0.717) is 24.3 Å². The molecule has 4 rings (SSSR count). The average Bonchev–Trinajstić information content (AvgIpc) is 3.22. The Labute approximate surface area is 144 Å². The molecule has 1 N–H and O–H groups in total. The van der Waals surface area contributed by atoms with Crippen LogP contribution in [0.3, 0.4) is 0 Å². The largest absolute Gasteiger partial charge is 0.343 e. The second-order valence-corrected chi connectivity index (χ2v) is 6.83. The van der Waals surface area contributed by atoms with Gasteiger partial charge in [0.25, 0.3) is 5.91 Å². The molecule has 3 heterocycles. The molecule has 2 aromatic heterocycles. The molecule has 1 atom stereocenters. The number of aromatic amines is 1.